The first-order valence-corrected chi connectivity index (χ1v) is 13.3. The zero-order chi connectivity index (χ0) is 33.2. The van der Waals surface area contributed by atoms with Crippen molar-refractivity contribution < 1.29 is 58.6 Å². The zero-order valence-electron chi connectivity index (χ0n) is 23.2. The van der Waals surface area contributed by atoms with Gasteiger partial charge in [0, 0.05) is 17.4 Å². The SMILES string of the molecule is CCOC(=O)c1cc(NC(=O)C(F)(F)F)cc(C2=C(c3cc(C(F)(F)F)cnc3OCc3ccc(C(F)(F)F)cc3)CCC2)c1. The molecule has 0 saturated heterocycles. The number of hydrogen-bond donors (Lipinski definition) is 1. The minimum absolute atomic E-state index is 0.0726. The summed E-state index contributed by atoms with van der Waals surface area (Å²) in [4.78, 5) is 28.0. The number of pyridine rings is 1. The molecule has 2 aromatic carbocycles. The minimum atomic E-state index is -5.25. The number of hydrogen-bond acceptors (Lipinski definition) is 5. The third kappa shape index (κ3) is 8.13. The average Bonchev–Trinajstić information content (AvgIpc) is 3.45. The maximum atomic E-state index is 13.7. The average molecular weight is 647 g/mol. The lowest BCUT2D eigenvalue weighted by Crippen LogP contribution is -2.30. The molecule has 6 nitrogen and oxygen atoms in total. The Morgan fingerprint density at radius 1 is 0.844 bits per heavy atom. The number of nitrogens with zero attached hydrogens (tertiary/aromatic N) is 1. The third-order valence-corrected chi connectivity index (χ3v) is 6.69. The molecule has 1 aliphatic carbocycles. The number of carbonyl (C=O) groups is 2. The second kappa shape index (κ2) is 12.8. The number of nitrogens with one attached hydrogen (secondary N) is 1. The summed E-state index contributed by atoms with van der Waals surface area (Å²) in [6.07, 6.45) is -13.3. The normalized spacial score (nSPS) is 14.0. The van der Waals surface area contributed by atoms with Crippen LogP contribution in [0.25, 0.3) is 11.1 Å². The number of alkyl halides is 9. The van der Waals surface area contributed by atoms with Crippen LogP contribution in [0.3, 0.4) is 0 Å². The van der Waals surface area contributed by atoms with Crippen LogP contribution < -0.4 is 10.1 Å². The van der Waals surface area contributed by atoms with E-state index >= 15 is 0 Å². The number of anilines is 1. The molecule has 0 spiro atoms. The predicted octanol–water partition coefficient (Wildman–Crippen LogP) is 8.47. The van der Waals surface area contributed by atoms with Gasteiger partial charge in [-0.1, -0.05) is 12.1 Å². The lowest BCUT2D eigenvalue weighted by atomic mass is 9.95. The summed E-state index contributed by atoms with van der Waals surface area (Å²) >= 11 is 0. The van der Waals surface area contributed by atoms with Crippen LogP contribution in [-0.2, 0) is 28.5 Å². The van der Waals surface area contributed by atoms with Crippen molar-refractivity contribution >= 4 is 28.7 Å². The number of aromatic nitrogens is 1. The molecular weight excluding hydrogens is 623 g/mol. The van der Waals surface area contributed by atoms with Gasteiger partial charge in [0.05, 0.1) is 23.3 Å². The number of carbonyl (C=O) groups excluding carboxylic acids is 2. The first-order chi connectivity index (χ1) is 21.0. The second-order valence-corrected chi connectivity index (χ2v) is 9.84. The molecule has 3 aromatic rings. The van der Waals surface area contributed by atoms with Gasteiger partial charge in [-0.25, -0.2) is 9.78 Å². The molecule has 1 N–H and O–H groups in total. The number of benzene rings is 2. The van der Waals surface area contributed by atoms with Crippen molar-refractivity contribution in [3.8, 4) is 5.88 Å². The standard InChI is InChI=1S/C30H23F9N2O4/c1-2-44-26(42)18-10-17(11-21(12-18)41-27(43)30(37,38)39)22-4-3-5-23(22)24-13-20(29(34,35)36)14-40-25(24)45-15-16-6-8-19(9-7-16)28(31,32)33/h6-14H,2-5,15H2,1H3,(H,41,43). The Hall–Kier alpha value is -4.56. The van der Waals surface area contributed by atoms with E-state index in [1.165, 1.54) is 13.0 Å². The number of ether oxygens (including phenoxy) is 2. The van der Waals surface area contributed by atoms with Crippen LogP contribution in [-0.4, -0.2) is 29.6 Å². The van der Waals surface area contributed by atoms with Crippen LogP contribution in [0.1, 0.15) is 64.4 Å². The molecule has 0 bridgehead atoms. The molecule has 45 heavy (non-hydrogen) atoms. The molecule has 0 unspecified atom stereocenters. The monoisotopic (exact) mass is 646 g/mol. The molecule has 15 heteroatoms. The summed E-state index contributed by atoms with van der Waals surface area (Å²) in [6, 6.07) is 8.13. The van der Waals surface area contributed by atoms with Crippen LogP contribution in [0.2, 0.25) is 0 Å². The quantitative estimate of drug-likeness (QED) is 0.196. The Labute approximate surface area is 249 Å². The van der Waals surface area contributed by atoms with Crippen LogP contribution >= 0.6 is 0 Å². The van der Waals surface area contributed by atoms with E-state index in [0.29, 0.717) is 18.2 Å². The van der Waals surface area contributed by atoms with Gasteiger partial charge < -0.3 is 14.8 Å². The highest BCUT2D eigenvalue weighted by Crippen LogP contribution is 2.45. The summed E-state index contributed by atoms with van der Waals surface area (Å²) < 4.78 is 129. The van der Waals surface area contributed by atoms with Gasteiger partial charge in [0.2, 0.25) is 5.88 Å². The van der Waals surface area contributed by atoms with Gasteiger partial charge >= 0.3 is 30.4 Å². The zero-order valence-corrected chi connectivity index (χ0v) is 23.2. The van der Waals surface area contributed by atoms with E-state index in [4.69, 9.17) is 9.47 Å². The lowest BCUT2D eigenvalue weighted by molar-refractivity contribution is -0.167. The molecule has 1 amide bonds. The molecule has 1 aliphatic rings. The Bertz CT molecular complexity index is 1610. The van der Waals surface area contributed by atoms with Crippen molar-refractivity contribution in [2.24, 2.45) is 0 Å². The van der Waals surface area contributed by atoms with Gasteiger partial charge in [0.25, 0.3) is 0 Å². The van der Waals surface area contributed by atoms with E-state index in [9.17, 15) is 49.1 Å². The van der Waals surface area contributed by atoms with Gasteiger partial charge in [0.15, 0.2) is 0 Å². The van der Waals surface area contributed by atoms with Crippen molar-refractivity contribution in [3.63, 3.8) is 0 Å². The Balaban J connectivity index is 1.79. The summed E-state index contributed by atoms with van der Waals surface area (Å²) in [5, 5.41) is 1.68. The number of rotatable bonds is 8. The molecule has 0 aliphatic heterocycles. The smallest absolute Gasteiger partial charge is 0.471 e. The van der Waals surface area contributed by atoms with Crippen LogP contribution in [0.15, 0.2) is 54.7 Å². The first-order valence-electron chi connectivity index (χ1n) is 13.3. The van der Waals surface area contributed by atoms with Crippen molar-refractivity contribution in [2.75, 3.05) is 11.9 Å². The summed E-state index contributed by atoms with van der Waals surface area (Å²) in [6.45, 7) is 1.08. The molecule has 240 valence electrons. The van der Waals surface area contributed by atoms with Gasteiger partial charge in [-0.2, -0.15) is 39.5 Å². The number of esters is 1. The van der Waals surface area contributed by atoms with Gasteiger partial charge in [-0.15, -0.1) is 0 Å². The third-order valence-electron chi connectivity index (χ3n) is 6.69. The molecule has 0 atom stereocenters. The van der Waals surface area contributed by atoms with Crippen molar-refractivity contribution in [1.29, 1.82) is 0 Å². The highest BCUT2D eigenvalue weighted by atomic mass is 19.4. The van der Waals surface area contributed by atoms with E-state index in [2.05, 4.69) is 4.98 Å². The Morgan fingerprint density at radius 2 is 1.49 bits per heavy atom. The fraction of sp³-hybridized carbons (Fsp3) is 0.300. The van der Waals surface area contributed by atoms with Gasteiger partial charge in [-0.3, -0.25) is 4.79 Å². The predicted molar refractivity (Wildman–Crippen MR) is 143 cm³/mol. The summed E-state index contributed by atoms with van der Waals surface area (Å²) in [5.41, 5.74) is -1.72. The number of halogens is 9. The molecule has 0 fully saturated rings. The molecule has 4 rings (SSSR count). The first kappa shape index (κ1) is 33.3. The van der Waals surface area contributed by atoms with Gasteiger partial charge in [-0.05, 0) is 84.9 Å². The minimum Gasteiger partial charge on any atom is -0.472 e. The van der Waals surface area contributed by atoms with E-state index in [1.54, 1.807) is 5.32 Å². The van der Waals surface area contributed by atoms with E-state index in [1.807, 2.05) is 0 Å². The maximum Gasteiger partial charge on any atom is 0.471 e. The summed E-state index contributed by atoms with van der Waals surface area (Å²) in [7, 11) is 0. The van der Waals surface area contributed by atoms with Crippen molar-refractivity contribution in [1.82, 2.24) is 4.98 Å². The maximum absolute atomic E-state index is 13.7. The molecule has 0 radical (unpaired) electrons. The van der Waals surface area contributed by atoms with E-state index in [0.717, 1.165) is 42.5 Å². The van der Waals surface area contributed by atoms with Crippen molar-refractivity contribution in [2.45, 2.75) is 51.3 Å². The Morgan fingerprint density at radius 3 is 2.09 bits per heavy atom. The highest BCUT2D eigenvalue weighted by Gasteiger charge is 2.39. The summed E-state index contributed by atoms with van der Waals surface area (Å²) in [5.74, 6) is -3.50. The molecule has 1 heterocycles. The second-order valence-electron chi connectivity index (χ2n) is 9.84. The molecule has 0 saturated carbocycles. The van der Waals surface area contributed by atoms with Gasteiger partial charge in [0.1, 0.15) is 6.61 Å². The fourth-order valence-corrected chi connectivity index (χ4v) is 4.65. The molecule has 1 aromatic heterocycles. The highest BCUT2D eigenvalue weighted by molar-refractivity contribution is 6.00. The van der Waals surface area contributed by atoms with E-state index < -0.39 is 47.2 Å². The van der Waals surface area contributed by atoms with E-state index in [-0.39, 0.29) is 59.8 Å². The Kier molecular flexibility index (Phi) is 9.49. The largest absolute Gasteiger partial charge is 0.472 e. The topological polar surface area (TPSA) is 77.5 Å². The molecular formula is C30H23F9N2O4. The van der Waals surface area contributed by atoms with Crippen molar-refractivity contribution in [3.05, 3.63) is 88.1 Å². The lowest BCUT2D eigenvalue weighted by Gasteiger charge is -2.17. The van der Waals surface area contributed by atoms with Crippen LogP contribution in [0.5, 0.6) is 5.88 Å². The number of amides is 1. The van der Waals surface area contributed by atoms with Crippen LogP contribution in [0.4, 0.5) is 45.2 Å². The number of allylic oxidation sites excluding steroid dienone is 2. The fourth-order valence-electron chi connectivity index (χ4n) is 4.65. The van der Waals surface area contributed by atoms with Crippen LogP contribution in [0, 0.1) is 0 Å².